The Labute approximate surface area is 149 Å². The summed E-state index contributed by atoms with van der Waals surface area (Å²) in [6, 6.07) is 8.34. The fraction of sp³-hybridized carbons (Fsp3) is 0.474. The van der Waals surface area contributed by atoms with Crippen LogP contribution in [0, 0.1) is 6.92 Å². The Hall–Kier alpha value is -1.75. The van der Waals surface area contributed by atoms with Gasteiger partial charge in [-0.3, -0.25) is 0 Å². The summed E-state index contributed by atoms with van der Waals surface area (Å²) < 4.78 is 0. The minimum Gasteiger partial charge on any atom is -0.356 e. The molecule has 1 aromatic carbocycles. The van der Waals surface area contributed by atoms with Gasteiger partial charge in [0.25, 0.3) is 0 Å². The molecule has 0 bridgehead atoms. The lowest BCUT2D eigenvalue weighted by molar-refractivity contribution is 0.455. The van der Waals surface area contributed by atoms with Gasteiger partial charge in [-0.05, 0) is 31.0 Å². The van der Waals surface area contributed by atoms with E-state index >= 15 is 0 Å². The van der Waals surface area contributed by atoms with Crippen molar-refractivity contribution in [2.24, 2.45) is 9.98 Å². The number of aryl methyl sites for hydroxylation is 1. The van der Waals surface area contributed by atoms with E-state index in [-0.39, 0.29) is 0 Å². The van der Waals surface area contributed by atoms with Gasteiger partial charge in [0.1, 0.15) is 5.84 Å². The maximum atomic E-state index is 4.99. The molecule has 5 heteroatoms. The third kappa shape index (κ3) is 4.41. The second-order valence-electron chi connectivity index (χ2n) is 6.22. The highest BCUT2D eigenvalue weighted by Gasteiger charge is 2.21. The monoisotopic (exact) mass is 342 g/mol. The molecule has 0 spiro atoms. The van der Waals surface area contributed by atoms with Crippen molar-refractivity contribution in [1.82, 2.24) is 9.80 Å². The molecule has 4 nitrogen and oxygen atoms in total. The summed E-state index contributed by atoms with van der Waals surface area (Å²) in [7, 11) is 0. The number of hydrogen-bond acceptors (Lipinski definition) is 2. The molecule has 0 unspecified atom stereocenters. The van der Waals surface area contributed by atoms with Gasteiger partial charge in [-0.1, -0.05) is 18.2 Å². The van der Waals surface area contributed by atoms with Crippen LogP contribution in [0.1, 0.15) is 18.4 Å². The molecule has 0 atom stereocenters. The van der Waals surface area contributed by atoms with Crippen molar-refractivity contribution >= 4 is 29.2 Å². The molecule has 2 aliphatic heterocycles. The van der Waals surface area contributed by atoms with Crippen LogP contribution in [-0.4, -0.2) is 59.3 Å². The van der Waals surface area contributed by atoms with Gasteiger partial charge in [-0.25, -0.2) is 4.99 Å². The normalized spacial score (nSPS) is 20.7. The molecule has 0 N–H and O–H groups in total. The van der Waals surface area contributed by atoms with E-state index in [4.69, 9.17) is 9.98 Å². The molecule has 2 saturated heterocycles. The summed E-state index contributed by atoms with van der Waals surface area (Å²) in [6.45, 7) is 9.95. The van der Waals surface area contributed by atoms with Crippen molar-refractivity contribution in [2.75, 3.05) is 37.7 Å². The largest absolute Gasteiger partial charge is 0.356 e. The average molecular weight is 343 g/mol. The Bertz CT molecular complexity index is 632. The summed E-state index contributed by atoms with van der Waals surface area (Å²) in [5, 5.41) is 0. The lowest BCUT2D eigenvalue weighted by Gasteiger charge is -2.28. The maximum absolute atomic E-state index is 4.99. The number of benzene rings is 1. The van der Waals surface area contributed by atoms with E-state index in [9.17, 15) is 0 Å². The highest BCUT2D eigenvalue weighted by molar-refractivity contribution is 7.99. The van der Waals surface area contributed by atoms with Crippen LogP contribution in [0.2, 0.25) is 0 Å². The molecule has 128 valence electrons. The zero-order valence-electron chi connectivity index (χ0n) is 14.4. The van der Waals surface area contributed by atoms with Crippen LogP contribution >= 0.6 is 11.8 Å². The Morgan fingerprint density at radius 3 is 2.88 bits per heavy atom. The van der Waals surface area contributed by atoms with Gasteiger partial charge in [-0.2, -0.15) is 16.8 Å². The van der Waals surface area contributed by atoms with Crippen LogP contribution in [0.15, 0.2) is 46.9 Å². The second-order valence-corrected chi connectivity index (χ2v) is 7.44. The van der Waals surface area contributed by atoms with Gasteiger partial charge >= 0.3 is 0 Å². The minimum absolute atomic E-state index is 0.867. The molecule has 24 heavy (non-hydrogen) atoms. The third-order valence-corrected chi connectivity index (χ3v) is 5.24. The maximum Gasteiger partial charge on any atom is 0.227 e. The van der Waals surface area contributed by atoms with Crippen molar-refractivity contribution in [3.63, 3.8) is 0 Å². The zero-order chi connectivity index (χ0) is 16.8. The number of thioether (sulfide) groups is 1. The number of likely N-dealkylation sites (tertiary alicyclic amines) is 1. The first-order valence-corrected chi connectivity index (χ1v) is 9.83. The molecule has 1 aromatic rings. The molecule has 2 aliphatic rings. The SMILES string of the molecule is C=CCN1CCC/C1=N/C(=N/c1cccc(C)c1)N1CCSCC1. The van der Waals surface area contributed by atoms with E-state index in [1.165, 1.54) is 12.0 Å². The number of aliphatic imine (C=N–C) groups is 2. The van der Waals surface area contributed by atoms with Crippen LogP contribution < -0.4 is 0 Å². The summed E-state index contributed by atoms with van der Waals surface area (Å²) in [5.41, 5.74) is 2.22. The number of amidine groups is 1. The van der Waals surface area contributed by atoms with E-state index in [0.717, 1.165) is 61.6 Å². The van der Waals surface area contributed by atoms with Gasteiger partial charge in [0.05, 0.1) is 5.69 Å². The number of guanidine groups is 1. The van der Waals surface area contributed by atoms with Crippen LogP contribution in [0.25, 0.3) is 0 Å². The first-order valence-electron chi connectivity index (χ1n) is 8.68. The molecule has 0 radical (unpaired) electrons. The Morgan fingerprint density at radius 2 is 2.12 bits per heavy atom. The molecular weight excluding hydrogens is 316 g/mol. The number of rotatable bonds is 3. The predicted octanol–water partition coefficient (Wildman–Crippen LogP) is 3.71. The first-order chi connectivity index (χ1) is 11.8. The fourth-order valence-corrected chi connectivity index (χ4v) is 3.96. The number of hydrogen-bond donors (Lipinski definition) is 0. The Kier molecular flexibility index (Phi) is 5.96. The van der Waals surface area contributed by atoms with Crippen molar-refractivity contribution in [2.45, 2.75) is 19.8 Å². The summed E-state index contributed by atoms with van der Waals surface area (Å²) >= 11 is 2.01. The van der Waals surface area contributed by atoms with Crippen molar-refractivity contribution < 1.29 is 0 Å². The smallest absolute Gasteiger partial charge is 0.227 e. The molecule has 0 amide bonds. The molecule has 0 aliphatic carbocycles. The zero-order valence-corrected chi connectivity index (χ0v) is 15.3. The molecular formula is C19H26N4S. The molecule has 2 fully saturated rings. The molecule has 3 rings (SSSR count). The average Bonchev–Trinajstić information content (AvgIpc) is 3.03. The predicted molar refractivity (Wildman–Crippen MR) is 106 cm³/mol. The van der Waals surface area contributed by atoms with Crippen LogP contribution in [0.3, 0.4) is 0 Å². The highest BCUT2D eigenvalue weighted by Crippen LogP contribution is 2.19. The summed E-state index contributed by atoms with van der Waals surface area (Å²) in [4.78, 5) is 14.5. The van der Waals surface area contributed by atoms with Crippen molar-refractivity contribution in [1.29, 1.82) is 0 Å². The topological polar surface area (TPSA) is 31.2 Å². The molecule has 0 saturated carbocycles. The molecule has 2 heterocycles. The quantitative estimate of drug-likeness (QED) is 0.477. The Morgan fingerprint density at radius 1 is 1.29 bits per heavy atom. The summed E-state index contributed by atoms with van der Waals surface area (Å²) in [6.07, 6.45) is 4.15. The van der Waals surface area contributed by atoms with Gasteiger partial charge < -0.3 is 9.80 Å². The number of nitrogens with zero attached hydrogens (tertiary/aromatic N) is 4. The fourth-order valence-electron chi connectivity index (χ4n) is 3.05. The third-order valence-electron chi connectivity index (χ3n) is 4.30. The lowest BCUT2D eigenvalue weighted by Crippen LogP contribution is -2.38. The van der Waals surface area contributed by atoms with E-state index in [1.54, 1.807) is 0 Å². The van der Waals surface area contributed by atoms with Crippen LogP contribution in [0.4, 0.5) is 5.69 Å². The van der Waals surface area contributed by atoms with Gasteiger partial charge in [0.15, 0.2) is 0 Å². The van der Waals surface area contributed by atoms with E-state index in [0.29, 0.717) is 0 Å². The van der Waals surface area contributed by atoms with E-state index in [2.05, 4.69) is 47.6 Å². The Balaban J connectivity index is 1.91. The van der Waals surface area contributed by atoms with E-state index in [1.807, 2.05) is 17.8 Å². The second kappa shape index (κ2) is 8.38. The van der Waals surface area contributed by atoms with Crippen LogP contribution in [0.5, 0.6) is 0 Å². The van der Waals surface area contributed by atoms with Gasteiger partial charge in [0, 0.05) is 44.1 Å². The lowest BCUT2D eigenvalue weighted by atomic mass is 10.2. The highest BCUT2D eigenvalue weighted by atomic mass is 32.2. The minimum atomic E-state index is 0.867. The van der Waals surface area contributed by atoms with Gasteiger partial charge in [0.2, 0.25) is 5.96 Å². The van der Waals surface area contributed by atoms with Crippen LogP contribution in [-0.2, 0) is 0 Å². The van der Waals surface area contributed by atoms with Gasteiger partial charge in [-0.15, -0.1) is 6.58 Å². The first kappa shape index (κ1) is 17.1. The van der Waals surface area contributed by atoms with Crippen molar-refractivity contribution in [3.05, 3.63) is 42.5 Å². The molecule has 0 aromatic heterocycles. The summed E-state index contributed by atoms with van der Waals surface area (Å²) in [5.74, 6) is 4.31. The van der Waals surface area contributed by atoms with Crippen molar-refractivity contribution in [3.8, 4) is 0 Å². The van der Waals surface area contributed by atoms with E-state index < -0.39 is 0 Å². The standard InChI is InChI=1S/C19H26N4S/c1-3-9-22-10-5-8-18(22)21-19(23-11-13-24-14-12-23)20-17-7-4-6-16(2)15-17/h3-4,6-7,15H,1,5,8-14H2,2H3/b20-19-,21-18-.